The highest BCUT2D eigenvalue weighted by Crippen LogP contribution is 2.35. The van der Waals surface area contributed by atoms with Crippen molar-refractivity contribution in [1.29, 1.82) is 0 Å². The van der Waals surface area contributed by atoms with E-state index in [4.69, 9.17) is 16.3 Å². The number of hydrogen-bond donors (Lipinski definition) is 1. The van der Waals surface area contributed by atoms with E-state index in [0.29, 0.717) is 5.92 Å². The van der Waals surface area contributed by atoms with E-state index in [1.807, 2.05) is 0 Å². The Morgan fingerprint density at radius 3 is 2.93 bits per heavy atom. The monoisotopic (exact) mass is 231 g/mol. The van der Waals surface area contributed by atoms with E-state index in [1.165, 1.54) is 13.3 Å². The lowest BCUT2D eigenvalue weighted by Crippen LogP contribution is -2.55. The Kier molecular flexibility index (Phi) is 3.52. The largest absolute Gasteiger partial charge is 0.461 e. The molecule has 1 saturated heterocycles. The Bertz CT molecular complexity index is 247. The van der Waals surface area contributed by atoms with Gasteiger partial charge in [0.1, 0.15) is 6.10 Å². The van der Waals surface area contributed by atoms with Crippen molar-refractivity contribution >= 4 is 17.6 Å². The molecule has 2 rings (SSSR count). The first-order valence-corrected chi connectivity index (χ1v) is 6.17. The molecule has 0 spiro atoms. The zero-order valence-corrected chi connectivity index (χ0v) is 9.80. The Morgan fingerprint density at radius 1 is 1.40 bits per heavy atom. The molecule has 0 radical (unpaired) electrons. The minimum Gasteiger partial charge on any atom is -0.461 e. The molecule has 0 aromatic carbocycles. The number of esters is 1. The summed E-state index contributed by atoms with van der Waals surface area (Å²) in [7, 11) is 0. The summed E-state index contributed by atoms with van der Waals surface area (Å²) in [6, 6.07) is 0.277. The van der Waals surface area contributed by atoms with Crippen molar-refractivity contribution in [3.05, 3.63) is 0 Å². The molecule has 1 heterocycles. The number of carbonyl (C=O) groups is 1. The number of rotatable bonds is 1. The zero-order valence-electron chi connectivity index (χ0n) is 9.04. The van der Waals surface area contributed by atoms with Gasteiger partial charge in [-0.15, -0.1) is 11.6 Å². The number of alkyl halides is 1. The summed E-state index contributed by atoms with van der Waals surface area (Å²) in [6.45, 7) is 2.49. The normalized spacial score (nSPS) is 40.7. The second-order valence-corrected chi connectivity index (χ2v) is 5.09. The first-order valence-electron chi connectivity index (χ1n) is 5.73. The minimum absolute atomic E-state index is 0.0304. The molecule has 2 fully saturated rings. The van der Waals surface area contributed by atoms with Gasteiger partial charge in [0, 0.05) is 18.3 Å². The molecule has 3 nitrogen and oxygen atoms in total. The summed E-state index contributed by atoms with van der Waals surface area (Å²) in [5.74, 6) is 0.290. The lowest BCUT2D eigenvalue weighted by atomic mass is 9.77. The van der Waals surface area contributed by atoms with Crippen LogP contribution in [0.1, 0.15) is 32.6 Å². The van der Waals surface area contributed by atoms with Crippen LogP contribution in [0.5, 0.6) is 0 Å². The zero-order chi connectivity index (χ0) is 10.8. The SMILES string of the molecule is CC(=O)OC1CCC(Cl)C2CCCNC12. The van der Waals surface area contributed by atoms with Crippen LogP contribution >= 0.6 is 11.6 Å². The van der Waals surface area contributed by atoms with E-state index >= 15 is 0 Å². The summed E-state index contributed by atoms with van der Waals surface area (Å²) in [4.78, 5) is 11.0. The predicted molar refractivity (Wildman–Crippen MR) is 58.9 cm³/mol. The van der Waals surface area contributed by atoms with Gasteiger partial charge in [-0.25, -0.2) is 0 Å². The molecule has 1 N–H and O–H groups in total. The second-order valence-electron chi connectivity index (χ2n) is 4.53. The van der Waals surface area contributed by atoms with Gasteiger partial charge in [0.15, 0.2) is 0 Å². The Labute approximate surface area is 95.5 Å². The van der Waals surface area contributed by atoms with E-state index in [-0.39, 0.29) is 23.5 Å². The van der Waals surface area contributed by atoms with Crippen LogP contribution < -0.4 is 5.32 Å². The standard InChI is InChI=1S/C11H18ClNO2/c1-7(14)15-10-5-4-9(12)8-3-2-6-13-11(8)10/h8-11,13H,2-6H2,1H3. The summed E-state index contributed by atoms with van der Waals surface area (Å²) in [5.41, 5.74) is 0. The fourth-order valence-corrected chi connectivity index (χ4v) is 3.22. The topological polar surface area (TPSA) is 38.3 Å². The van der Waals surface area contributed by atoms with Crippen molar-refractivity contribution in [2.24, 2.45) is 5.92 Å². The third-order valence-electron chi connectivity index (χ3n) is 3.46. The van der Waals surface area contributed by atoms with Gasteiger partial charge >= 0.3 is 5.97 Å². The van der Waals surface area contributed by atoms with E-state index in [1.54, 1.807) is 0 Å². The highest BCUT2D eigenvalue weighted by Gasteiger charge is 2.41. The number of carbonyl (C=O) groups excluding carboxylic acids is 1. The quantitative estimate of drug-likeness (QED) is 0.551. The number of piperidine rings is 1. The van der Waals surface area contributed by atoms with Gasteiger partial charge in [-0.1, -0.05) is 0 Å². The van der Waals surface area contributed by atoms with Crippen molar-refractivity contribution in [1.82, 2.24) is 5.32 Å². The predicted octanol–water partition coefficient (Wildman–Crippen LogP) is 1.69. The highest BCUT2D eigenvalue weighted by molar-refractivity contribution is 6.20. The van der Waals surface area contributed by atoms with Crippen molar-refractivity contribution < 1.29 is 9.53 Å². The van der Waals surface area contributed by atoms with E-state index < -0.39 is 0 Å². The maximum absolute atomic E-state index is 11.0. The molecule has 4 atom stereocenters. The lowest BCUT2D eigenvalue weighted by molar-refractivity contribution is -0.150. The lowest BCUT2D eigenvalue weighted by Gasteiger charge is -2.43. The average molecular weight is 232 g/mol. The molecular formula is C11H18ClNO2. The molecule has 2 aliphatic rings. The summed E-state index contributed by atoms with van der Waals surface area (Å²) in [5, 5.41) is 3.69. The number of halogens is 1. The molecule has 15 heavy (non-hydrogen) atoms. The molecule has 0 aromatic rings. The fraction of sp³-hybridized carbons (Fsp3) is 0.909. The maximum atomic E-state index is 11.0. The van der Waals surface area contributed by atoms with Crippen LogP contribution in [0.15, 0.2) is 0 Å². The van der Waals surface area contributed by atoms with Crippen LogP contribution in [0.4, 0.5) is 0 Å². The fourth-order valence-electron chi connectivity index (χ4n) is 2.81. The Balaban J connectivity index is 2.03. The molecule has 4 heteroatoms. The molecule has 0 bridgehead atoms. The summed E-state index contributed by atoms with van der Waals surface area (Å²) >= 11 is 6.31. The van der Waals surface area contributed by atoms with Gasteiger partial charge in [0.25, 0.3) is 0 Å². The van der Waals surface area contributed by atoms with Gasteiger partial charge < -0.3 is 10.1 Å². The van der Waals surface area contributed by atoms with Crippen molar-refractivity contribution in [3.8, 4) is 0 Å². The molecule has 4 unspecified atom stereocenters. The van der Waals surface area contributed by atoms with Gasteiger partial charge in [-0.2, -0.15) is 0 Å². The molecule has 1 saturated carbocycles. The molecule has 1 aliphatic heterocycles. The molecule has 86 valence electrons. The smallest absolute Gasteiger partial charge is 0.302 e. The molecule has 0 amide bonds. The third-order valence-corrected chi connectivity index (χ3v) is 4.01. The third kappa shape index (κ3) is 2.45. The minimum atomic E-state index is -0.181. The average Bonchev–Trinajstić information content (AvgIpc) is 2.22. The van der Waals surface area contributed by atoms with Gasteiger partial charge in [-0.3, -0.25) is 4.79 Å². The Morgan fingerprint density at radius 2 is 2.20 bits per heavy atom. The summed E-state index contributed by atoms with van der Waals surface area (Å²) < 4.78 is 5.35. The van der Waals surface area contributed by atoms with Gasteiger partial charge in [-0.05, 0) is 38.1 Å². The number of hydrogen-bond acceptors (Lipinski definition) is 3. The van der Waals surface area contributed by atoms with Crippen LogP contribution in [-0.2, 0) is 9.53 Å². The molecular weight excluding hydrogens is 214 g/mol. The molecule has 0 aromatic heterocycles. The Hall–Kier alpha value is -0.280. The van der Waals surface area contributed by atoms with E-state index in [0.717, 1.165) is 25.8 Å². The number of nitrogens with one attached hydrogen (secondary N) is 1. The van der Waals surface area contributed by atoms with Crippen LogP contribution in [0, 0.1) is 5.92 Å². The second kappa shape index (κ2) is 4.71. The van der Waals surface area contributed by atoms with Crippen molar-refractivity contribution in [2.45, 2.75) is 50.1 Å². The number of fused-ring (bicyclic) bond motifs is 1. The first kappa shape index (κ1) is 11.2. The number of ether oxygens (including phenoxy) is 1. The van der Waals surface area contributed by atoms with E-state index in [2.05, 4.69) is 5.32 Å². The van der Waals surface area contributed by atoms with Crippen LogP contribution in [0.3, 0.4) is 0 Å². The van der Waals surface area contributed by atoms with Gasteiger partial charge in [0.05, 0.1) is 0 Å². The van der Waals surface area contributed by atoms with E-state index in [9.17, 15) is 4.79 Å². The highest BCUT2D eigenvalue weighted by atomic mass is 35.5. The van der Waals surface area contributed by atoms with Crippen LogP contribution in [0.2, 0.25) is 0 Å². The maximum Gasteiger partial charge on any atom is 0.302 e. The first-order chi connectivity index (χ1) is 7.18. The summed E-state index contributed by atoms with van der Waals surface area (Å²) in [6.07, 6.45) is 4.22. The van der Waals surface area contributed by atoms with Crippen LogP contribution in [0.25, 0.3) is 0 Å². The van der Waals surface area contributed by atoms with Crippen molar-refractivity contribution in [3.63, 3.8) is 0 Å². The van der Waals surface area contributed by atoms with Crippen LogP contribution in [-0.4, -0.2) is 30.0 Å². The van der Waals surface area contributed by atoms with Gasteiger partial charge in [0.2, 0.25) is 0 Å². The molecule has 1 aliphatic carbocycles. The van der Waals surface area contributed by atoms with Crippen molar-refractivity contribution in [2.75, 3.05) is 6.54 Å².